The van der Waals surface area contributed by atoms with Crippen molar-refractivity contribution in [1.29, 1.82) is 0 Å². The van der Waals surface area contributed by atoms with Gasteiger partial charge >= 0.3 is 0 Å². The van der Waals surface area contributed by atoms with E-state index in [0.29, 0.717) is 11.7 Å². The van der Waals surface area contributed by atoms with Gasteiger partial charge in [0, 0.05) is 10.0 Å². The Kier molecular flexibility index (Phi) is 4.53. The minimum atomic E-state index is -0.389. The average molecular weight is 334 g/mol. The van der Waals surface area contributed by atoms with Crippen LogP contribution in [-0.2, 0) is 4.79 Å². The zero-order chi connectivity index (χ0) is 14.5. The van der Waals surface area contributed by atoms with E-state index in [9.17, 15) is 4.79 Å². The van der Waals surface area contributed by atoms with Crippen LogP contribution in [0.25, 0.3) is 11.4 Å². The Balaban J connectivity index is 2.13. The number of carbonyl (C=O) groups excluding carboxylic acids is 1. The molecule has 1 aromatic carbocycles. The molecule has 102 valence electrons. The summed E-state index contributed by atoms with van der Waals surface area (Å²) in [5, 5.41) is 6.56. The number of rotatable bonds is 3. The Morgan fingerprint density at radius 1 is 1.40 bits per heavy atom. The lowest BCUT2D eigenvalue weighted by Crippen LogP contribution is -2.25. The van der Waals surface area contributed by atoms with Crippen LogP contribution in [0.5, 0.6) is 0 Å². The first-order valence-electron chi connectivity index (χ1n) is 5.93. The molecule has 0 aliphatic heterocycles. The van der Waals surface area contributed by atoms with Crippen LogP contribution in [-0.4, -0.2) is 16.0 Å². The lowest BCUT2D eigenvalue weighted by Gasteiger charge is -2.05. The van der Waals surface area contributed by atoms with Crippen LogP contribution in [0.15, 0.2) is 33.3 Å². The molecule has 2 aromatic rings. The van der Waals surface area contributed by atoms with Crippen molar-refractivity contribution in [3.63, 3.8) is 0 Å². The highest BCUT2D eigenvalue weighted by molar-refractivity contribution is 9.10. The number of carbonyl (C=O) groups is 1. The highest BCUT2D eigenvalue weighted by atomic mass is 79.9. The number of benzene rings is 1. The van der Waals surface area contributed by atoms with Gasteiger partial charge in [-0.15, -0.1) is 0 Å². The molecule has 0 spiro atoms. The van der Waals surface area contributed by atoms with E-state index in [1.165, 1.54) is 0 Å². The summed E-state index contributed by atoms with van der Waals surface area (Å²) in [6.07, 6.45) is 0. The van der Waals surface area contributed by atoms with E-state index in [0.717, 1.165) is 10.0 Å². The Morgan fingerprint density at radius 3 is 2.75 bits per heavy atom. The molecule has 0 radical (unpaired) electrons. The minimum absolute atomic E-state index is 0.342. The molecule has 0 aliphatic carbocycles. The fourth-order valence-electron chi connectivity index (χ4n) is 1.54. The second kappa shape index (κ2) is 6.35. The Hall–Kier alpha value is -2.13. The van der Waals surface area contributed by atoms with Crippen molar-refractivity contribution in [3.05, 3.63) is 34.6 Å². The molecule has 0 aliphatic rings. The third-order valence-corrected chi connectivity index (χ3v) is 3.03. The van der Waals surface area contributed by atoms with Gasteiger partial charge in [-0.25, -0.2) is 0 Å². The van der Waals surface area contributed by atoms with Crippen LogP contribution in [0.4, 0.5) is 0 Å². The van der Waals surface area contributed by atoms with Crippen molar-refractivity contribution in [2.24, 2.45) is 0 Å². The molecule has 1 heterocycles. The number of hydrogen-bond donors (Lipinski definition) is 1. The zero-order valence-electron chi connectivity index (χ0n) is 11.0. The number of aromatic nitrogens is 2. The van der Waals surface area contributed by atoms with Crippen molar-refractivity contribution >= 4 is 21.8 Å². The summed E-state index contributed by atoms with van der Waals surface area (Å²) >= 11 is 3.36. The van der Waals surface area contributed by atoms with E-state index >= 15 is 0 Å². The van der Waals surface area contributed by atoms with Crippen molar-refractivity contribution in [1.82, 2.24) is 15.5 Å². The summed E-state index contributed by atoms with van der Waals surface area (Å²) < 4.78 is 6.13. The lowest BCUT2D eigenvalue weighted by atomic mass is 10.2. The van der Waals surface area contributed by atoms with Crippen molar-refractivity contribution in [3.8, 4) is 23.2 Å². The van der Waals surface area contributed by atoms with E-state index in [4.69, 9.17) is 4.52 Å². The molecular weight excluding hydrogens is 322 g/mol. The largest absolute Gasteiger partial charge is 0.337 e. The maximum atomic E-state index is 11.4. The summed E-state index contributed by atoms with van der Waals surface area (Å²) in [6.45, 7) is 3.36. The average Bonchev–Trinajstić information content (AvgIpc) is 2.89. The van der Waals surface area contributed by atoms with Gasteiger partial charge in [0.25, 0.3) is 5.91 Å². The highest BCUT2D eigenvalue weighted by Crippen LogP contribution is 2.20. The molecule has 0 fully saturated rings. The van der Waals surface area contributed by atoms with Crippen molar-refractivity contribution in [2.45, 2.75) is 19.9 Å². The van der Waals surface area contributed by atoms with Crippen molar-refractivity contribution < 1.29 is 9.32 Å². The smallest absolute Gasteiger partial charge is 0.296 e. The van der Waals surface area contributed by atoms with Gasteiger partial charge in [0.05, 0.1) is 0 Å². The highest BCUT2D eigenvalue weighted by Gasteiger charge is 2.16. The molecule has 0 saturated carbocycles. The topological polar surface area (TPSA) is 68.0 Å². The van der Waals surface area contributed by atoms with Crippen LogP contribution < -0.4 is 5.32 Å². The van der Waals surface area contributed by atoms with Gasteiger partial charge in [0.15, 0.2) is 0 Å². The quantitative estimate of drug-likeness (QED) is 0.877. The minimum Gasteiger partial charge on any atom is -0.337 e. The fourth-order valence-corrected chi connectivity index (χ4v) is 1.80. The first-order valence-corrected chi connectivity index (χ1v) is 6.72. The first kappa shape index (κ1) is 14.3. The molecule has 0 bridgehead atoms. The number of nitrogens with zero attached hydrogens (tertiary/aromatic N) is 2. The third kappa shape index (κ3) is 3.45. The maximum Gasteiger partial charge on any atom is 0.296 e. The molecular formula is C14H12BrN3O2. The molecule has 1 amide bonds. The maximum absolute atomic E-state index is 11.4. The molecule has 0 unspecified atom stereocenters. The zero-order valence-corrected chi connectivity index (χ0v) is 12.6. The number of nitrogens with one attached hydrogen (secondary N) is 1. The summed E-state index contributed by atoms with van der Waals surface area (Å²) in [5.41, 5.74) is 0.843. The molecule has 20 heavy (non-hydrogen) atoms. The predicted molar refractivity (Wildman–Crippen MR) is 77.4 cm³/mol. The summed E-state index contributed by atoms with van der Waals surface area (Å²) in [6, 6.07) is 7.16. The second-order valence-corrected chi connectivity index (χ2v) is 4.95. The van der Waals surface area contributed by atoms with E-state index in [2.05, 4.69) is 43.2 Å². The molecule has 2 rings (SSSR count). The molecule has 5 nitrogen and oxygen atoms in total. The van der Waals surface area contributed by atoms with E-state index < -0.39 is 0 Å². The number of halogens is 1. The standard InChI is InChI=1S/C14H12BrN3O2/c1-3-4-12(19)16-9(2)14-17-13(18-20-14)10-5-7-11(15)8-6-10/h5-9H,1-2H3,(H,16,19)/t9-/m1/s1. The first-order chi connectivity index (χ1) is 9.60. The van der Waals surface area contributed by atoms with Crippen LogP contribution >= 0.6 is 15.9 Å². The summed E-state index contributed by atoms with van der Waals surface area (Å²) in [4.78, 5) is 15.6. The third-order valence-electron chi connectivity index (χ3n) is 2.50. The Bertz CT molecular complexity index is 668. The normalized spacial score (nSPS) is 11.3. The van der Waals surface area contributed by atoms with E-state index in [-0.39, 0.29) is 11.9 Å². The monoisotopic (exact) mass is 333 g/mol. The van der Waals surface area contributed by atoms with E-state index in [1.807, 2.05) is 24.3 Å². The van der Waals surface area contributed by atoms with Crippen LogP contribution in [0.1, 0.15) is 25.8 Å². The van der Waals surface area contributed by atoms with Gasteiger partial charge in [0.1, 0.15) is 6.04 Å². The lowest BCUT2D eigenvalue weighted by molar-refractivity contribution is -0.116. The SMILES string of the molecule is CC#CC(=O)N[C@H](C)c1nc(-c2ccc(Br)cc2)no1. The Morgan fingerprint density at radius 2 is 2.10 bits per heavy atom. The second-order valence-electron chi connectivity index (χ2n) is 4.03. The Labute approximate surface area is 124 Å². The number of hydrogen-bond acceptors (Lipinski definition) is 4. The predicted octanol–water partition coefficient (Wildman–Crippen LogP) is 2.70. The molecule has 0 saturated heterocycles. The fraction of sp³-hybridized carbons (Fsp3) is 0.214. The van der Waals surface area contributed by atoms with Crippen LogP contribution in [0.2, 0.25) is 0 Å². The van der Waals surface area contributed by atoms with Crippen LogP contribution in [0, 0.1) is 11.8 Å². The van der Waals surface area contributed by atoms with Gasteiger partial charge in [-0.05, 0) is 44.0 Å². The van der Waals surface area contributed by atoms with Crippen molar-refractivity contribution in [2.75, 3.05) is 0 Å². The molecule has 1 N–H and O–H groups in total. The van der Waals surface area contributed by atoms with Gasteiger partial charge in [-0.1, -0.05) is 27.0 Å². The summed E-state index contributed by atoms with van der Waals surface area (Å²) in [5.74, 6) is 5.37. The van der Waals surface area contributed by atoms with Crippen LogP contribution in [0.3, 0.4) is 0 Å². The van der Waals surface area contributed by atoms with E-state index in [1.54, 1.807) is 13.8 Å². The number of amides is 1. The van der Waals surface area contributed by atoms with Gasteiger partial charge < -0.3 is 9.84 Å². The molecule has 1 atom stereocenters. The molecule has 1 aromatic heterocycles. The van der Waals surface area contributed by atoms with Gasteiger partial charge in [-0.3, -0.25) is 4.79 Å². The molecule has 6 heteroatoms. The summed E-state index contributed by atoms with van der Waals surface area (Å²) in [7, 11) is 0. The van der Waals surface area contributed by atoms with Gasteiger partial charge in [0.2, 0.25) is 11.7 Å². The van der Waals surface area contributed by atoms with Gasteiger partial charge in [-0.2, -0.15) is 4.98 Å².